The fraction of sp³-hybridized carbons (Fsp3) is 0.273. The summed E-state index contributed by atoms with van der Waals surface area (Å²) in [5.74, 6) is -1.80. The summed E-state index contributed by atoms with van der Waals surface area (Å²) < 4.78 is 5.19. The molecule has 0 radical (unpaired) electrons. The molecule has 1 amide bonds. The molecular weight excluding hydrogens is 383 g/mol. The predicted molar refractivity (Wildman–Crippen MR) is 76.6 cm³/mol. The van der Waals surface area contributed by atoms with Gasteiger partial charge in [0.2, 0.25) is 0 Å². The van der Waals surface area contributed by atoms with E-state index < -0.39 is 22.9 Å². The van der Waals surface area contributed by atoms with E-state index in [0.29, 0.717) is 3.57 Å². The molecule has 0 aliphatic carbocycles. The second kappa shape index (κ2) is 7.14. The maximum absolute atomic E-state index is 11.9. The van der Waals surface area contributed by atoms with Crippen LogP contribution in [0.1, 0.15) is 10.4 Å². The van der Waals surface area contributed by atoms with Gasteiger partial charge in [0.25, 0.3) is 11.6 Å². The summed E-state index contributed by atoms with van der Waals surface area (Å²) in [7, 11) is 1.21. The Kier molecular flexibility index (Phi) is 5.82. The van der Waals surface area contributed by atoms with Crippen molar-refractivity contribution >= 4 is 40.2 Å². The summed E-state index contributed by atoms with van der Waals surface area (Å²) in [5, 5.41) is 21.8. The minimum Gasteiger partial charge on any atom is -0.479 e. The smallest absolute Gasteiger partial charge is 0.334 e. The first-order valence-electron chi connectivity index (χ1n) is 5.34. The lowest BCUT2D eigenvalue weighted by molar-refractivity contribution is -0.384. The molecule has 9 heteroatoms. The first-order valence-corrected chi connectivity index (χ1v) is 6.42. The molecule has 108 valence electrons. The van der Waals surface area contributed by atoms with E-state index in [4.69, 9.17) is 5.11 Å². The van der Waals surface area contributed by atoms with Gasteiger partial charge in [-0.15, -0.1) is 0 Å². The number of benzene rings is 1. The minimum atomic E-state index is -1.21. The lowest BCUT2D eigenvalue weighted by atomic mass is 10.2. The van der Waals surface area contributed by atoms with Gasteiger partial charge >= 0.3 is 5.97 Å². The molecule has 0 bridgehead atoms. The average molecular weight is 394 g/mol. The molecule has 0 aromatic heterocycles. The Morgan fingerprint density at radius 1 is 1.55 bits per heavy atom. The molecule has 1 aromatic rings. The quantitative estimate of drug-likeness (QED) is 0.423. The maximum atomic E-state index is 11.9. The number of halogens is 1. The van der Waals surface area contributed by atoms with Crippen LogP contribution in [0.2, 0.25) is 0 Å². The van der Waals surface area contributed by atoms with Gasteiger partial charge in [0.05, 0.1) is 17.0 Å². The molecule has 0 saturated carbocycles. The lowest BCUT2D eigenvalue weighted by Gasteiger charge is -2.12. The van der Waals surface area contributed by atoms with Crippen molar-refractivity contribution in [1.29, 1.82) is 0 Å². The monoisotopic (exact) mass is 394 g/mol. The van der Waals surface area contributed by atoms with Gasteiger partial charge < -0.3 is 15.2 Å². The number of amides is 1. The van der Waals surface area contributed by atoms with Crippen molar-refractivity contribution in [1.82, 2.24) is 5.32 Å². The number of non-ortho nitro benzene ring substituents is 1. The number of hydrogen-bond acceptors (Lipinski definition) is 5. The van der Waals surface area contributed by atoms with E-state index in [1.807, 2.05) is 22.6 Å². The summed E-state index contributed by atoms with van der Waals surface area (Å²) in [5.41, 5.74) is -0.0999. The number of nitro groups is 1. The number of carboxylic acid groups (broad SMARTS) is 1. The molecule has 0 heterocycles. The highest BCUT2D eigenvalue weighted by molar-refractivity contribution is 14.1. The minimum absolute atomic E-state index is 0.111. The van der Waals surface area contributed by atoms with Gasteiger partial charge in [0, 0.05) is 22.8 Å². The van der Waals surface area contributed by atoms with Gasteiger partial charge in [-0.05, 0) is 28.7 Å². The molecule has 1 unspecified atom stereocenters. The van der Waals surface area contributed by atoms with E-state index in [1.165, 1.54) is 19.2 Å². The largest absolute Gasteiger partial charge is 0.479 e. The standard InChI is InChI=1S/C11H11IN2O6/c1-20-9(11(16)17)5-13-10(15)7-4-6(14(18)19)2-3-8(7)12/h2-4,9H,5H2,1H3,(H,13,15)(H,16,17). The Morgan fingerprint density at radius 2 is 2.20 bits per heavy atom. The number of rotatable bonds is 6. The Morgan fingerprint density at radius 3 is 2.70 bits per heavy atom. The van der Waals surface area contributed by atoms with Gasteiger partial charge in [-0.2, -0.15) is 0 Å². The van der Waals surface area contributed by atoms with Crippen molar-refractivity contribution in [2.75, 3.05) is 13.7 Å². The molecule has 8 nitrogen and oxygen atoms in total. The Bertz CT molecular complexity index is 548. The van der Waals surface area contributed by atoms with Crippen LogP contribution >= 0.6 is 22.6 Å². The van der Waals surface area contributed by atoms with E-state index in [2.05, 4.69) is 10.1 Å². The SMILES string of the molecule is COC(CNC(=O)c1cc([N+](=O)[O-])ccc1I)C(=O)O. The van der Waals surface area contributed by atoms with Crippen LogP contribution in [-0.2, 0) is 9.53 Å². The van der Waals surface area contributed by atoms with E-state index in [1.54, 1.807) is 0 Å². The molecule has 0 saturated heterocycles. The van der Waals surface area contributed by atoms with Crippen LogP contribution < -0.4 is 5.32 Å². The molecule has 2 N–H and O–H groups in total. The number of nitrogens with one attached hydrogen (secondary N) is 1. The lowest BCUT2D eigenvalue weighted by Crippen LogP contribution is -2.38. The number of carbonyl (C=O) groups excluding carboxylic acids is 1. The third kappa shape index (κ3) is 4.13. The van der Waals surface area contributed by atoms with Crippen molar-refractivity contribution in [2.24, 2.45) is 0 Å². The summed E-state index contributed by atoms with van der Waals surface area (Å²) in [6.07, 6.45) is -1.17. The second-order valence-corrected chi connectivity index (χ2v) is 4.86. The van der Waals surface area contributed by atoms with Crippen molar-refractivity contribution in [3.8, 4) is 0 Å². The van der Waals surface area contributed by atoms with E-state index in [9.17, 15) is 19.7 Å². The topological polar surface area (TPSA) is 119 Å². The first kappa shape index (κ1) is 16.3. The maximum Gasteiger partial charge on any atom is 0.334 e. The number of nitro benzene ring substituents is 1. The van der Waals surface area contributed by atoms with E-state index >= 15 is 0 Å². The average Bonchev–Trinajstić information content (AvgIpc) is 2.38. The van der Waals surface area contributed by atoms with Crippen LogP contribution in [-0.4, -0.2) is 41.7 Å². The zero-order chi connectivity index (χ0) is 15.3. The highest BCUT2D eigenvalue weighted by atomic mass is 127. The fourth-order valence-corrected chi connectivity index (χ4v) is 1.93. The third-order valence-corrected chi connectivity index (χ3v) is 3.35. The zero-order valence-electron chi connectivity index (χ0n) is 10.3. The van der Waals surface area contributed by atoms with Gasteiger partial charge in [-0.1, -0.05) is 0 Å². The summed E-state index contributed by atoms with van der Waals surface area (Å²) in [4.78, 5) is 32.7. The fourth-order valence-electron chi connectivity index (χ4n) is 1.35. The van der Waals surface area contributed by atoms with Gasteiger partial charge in [-0.25, -0.2) is 4.79 Å². The molecule has 20 heavy (non-hydrogen) atoms. The van der Waals surface area contributed by atoms with Crippen LogP contribution in [0.3, 0.4) is 0 Å². The van der Waals surface area contributed by atoms with Crippen molar-refractivity contribution < 1.29 is 24.4 Å². The zero-order valence-corrected chi connectivity index (χ0v) is 12.5. The van der Waals surface area contributed by atoms with E-state index in [-0.39, 0.29) is 17.8 Å². The van der Waals surface area contributed by atoms with Crippen LogP contribution in [0.25, 0.3) is 0 Å². The van der Waals surface area contributed by atoms with Crippen LogP contribution in [0.5, 0.6) is 0 Å². The van der Waals surface area contributed by atoms with Crippen molar-refractivity contribution in [3.05, 3.63) is 37.4 Å². The number of hydrogen-bond donors (Lipinski definition) is 2. The number of aliphatic carboxylic acids is 1. The molecule has 0 aliphatic heterocycles. The highest BCUT2D eigenvalue weighted by Crippen LogP contribution is 2.19. The summed E-state index contributed by atoms with van der Waals surface area (Å²) in [6.45, 7) is -0.233. The normalized spacial score (nSPS) is 11.7. The van der Waals surface area contributed by atoms with Crippen LogP contribution in [0.15, 0.2) is 18.2 Å². The molecule has 1 aromatic carbocycles. The first-order chi connectivity index (χ1) is 9.36. The number of methoxy groups -OCH3 is 1. The van der Waals surface area contributed by atoms with Crippen molar-refractivity contribution in [2.45, 2.75) is 6.10 Å². The molecular formula is C11H11IN2O6. The van der Waals surface area contributed by atoms with Crippen LogP contribution in [0, 0.1) is 13.7 Å². The second-order valence-electron chi connectivity index (χ2n) is 3.69. The number of nitrogens with zero attached hydrogens (tertiary/aromatic N) is 1. The molecule has 0 fully saturated rings. The van der Waals surface area contributed by atoms with E-state index in [0.717, 1.165) is 6.07 Å². The van der Waals surface area contributed by atoms with Gasteiger partial charge in [-0.3, -0.25) is 14.9 Å². The Balaban J connectivity index is 2.84. The van der Waals surface area contributed by atoms with Crippen molar-refractivity contribution in [3.63, 3.8) is 0 Å². The number of carboxylic acids is 1. The molecule has 1 atom stereocenters. The number of carbonyl (C=O) groups is 2. The highest BCUT2D eigenvalue weighted by Gasteiger charge is 2.20. The Hall–Kier alpha value is -1.75. The summed E-state index contributed by atoms with van der Waals surface area (Å²) in [6, 6.07) is 3.87. The third-order valence-electron chi connectivity index (χ3n) is 2.41. The number of ether oxygens (including phenoxy) is 1. The molecule has 0 aliphatic rings. The summed E-state index contributed by atoms with van der Waals surface area (Å²) >= 11 is 1.86. The molecule has 0 spiro atoms. The van der Waals surface area contributed by atoms with Gasteiger partial charge in [0.15, 0.2) is 6.10 Å². The predicted octanol–water partition coefficient (Wildman–Crippen LogP) is 1.03. The van der Waals surface area contributed by atoms with Crippen LogP contribution in [0.4, 0.5) is 5.69 Å². The van der Waals surface area contributed by atoms with Gasteiger partial charge in [0.1, 0.15) is 0 Å². The Labute approximate surface area is 127 Å². The molecule has 1 rings (SSSR count).